The van der Waals surface area contributed by atoms with Gasteiger partial charge >= 0.3 is 0 Å². The summed E-state index contributed by atoms with van der Waals surface area (Å²) in [5.41, 5.74) is 0.590. The molecule has 2 rings (SSSR count). The third-order valence-electron chi connectivity index (χ3n) is 2.89. The molecule has 1 fully saturated rings. The number of oxime groups is 1. The van der Waals surface area contributed by atoms with E-state index in [1.54, 1.807) is 12.2 Å². The summed E-state index contributed by atoms with van der Waals surface area (Å²) < 4.78 is 0. The monoisotopic (exact) mass is 220 g/mol. The highest BCUT2D eigenvalue weighted by molar-refractivity contribution is 6.00. The number of carbonyl (C=O) groups excluding carboxylic acids is 1. The zero-order valence-electron chi connectivity index (χ0n) is 9.19. The largest absolute Gasteiger partial charge is 0.365 e. The lowest BCUT2D eigenvalue weighted by atomic mass is 9.95. The predicted octanol–water partition coefficient (Wildman–Crippen LogP) is 1.89. The van der Waals surface area contributed by atoms with Gasteiger partial charge in [0.2, 0.25) is 0 Å². The lowest BCUT2D eigenvalue weighted by Gasteiger charge is -2.22. The maximum Gasteiger partial charge on any atom is 0.251 e. The summed E-state index contributed by atoms with van der Waals surface area (Å²) in [5.74, 6) is -0.0416. The molecule has 1 aliphatic heterocycles. The van der Waals surface area contributed by atoms with E-state index in [2.05, 4.69) is 10.5 Å². The molecule has 1 N–H and O–H groups in total. The molecule has 0 unspecified atom stereocenters. The molecule has 0 aromatic heterocycles. The summed E-state index contributed by atoms with van der Waals surface area (Å²) >= 11 is 0. The van der Waals surface area contributed by atoms with Crippen molar-refractivity contribution in [3.05, 3.63) is 24.0 Å². The molecular formula is C12H16N2O2. The van der Waals surface area contributed by atoms with Gasteiger partial charge in [-0.2, -0.15) is 0 Å². The maximum atomic E-state index is 11.9. The molecule has 86 valence electrons. The molecule has 1 heterocycles. The first kappa shape index (κ1) is 10.9. The van der Waals surface area contributed by atoms with Gasteiger partial charge in [-0.05, 0) is 25.0 Å². The zero-order chi connectivity index (χ0) is 11.2. The molecule has 2 aliphatic rings. The molecule has 1 saturated carbocycles. The smallest absolute Gasteiger partial charge is 0.251 e. The van der Waals surface area contributed by atoms with E-state index >= 15 is 0 Å². The number of nitrogens with zero attached hydrogens (tertiary/aromatic N) is 1. The van der Waals surface area contributed by atoms with E-state index in [9.17, 15) is 4.79 Å². The molecule has 0 atom stereocenters. The molecule has 1 aliphatic carbocycles. The molecule has 0 bridgehead atoms. The van der Waals surface area contributed by atoms with Crippen molar-refractivity contribution in [3.63, 3.8) is 0 Å². The molecular weight excluding hydrogens is 204 g/mol. The summed E-state index contributed by atoms with van der Waals surface area (Å²) in [5, 5.41) is 6.62. The maximum absolute atomic E-state index is 11.9. The molecule has 0 aromatic rings. The number of carbonyl (C=O) groups is 1. The Bertz CT molecular complexity index is 339. The molecule has 4 nitrogen and oxygen atoms in total. The van der Waals surface area contributed by atoms with Crippen LogP contribution in [0, 0.1) is 0 Å². The second kappa shape index (κ2) is 5.49. The van der Waals surface area contributed by atoms with E-state index in [1.165, 1.54) is 31.7 Å². The van der Waals surface area contributed by atoms with Crippen LogP contribution in [-0.2, 0) is 9.63 Å². The molecule has 0 radical (unpaired) electrons. The van der Waals surface area contributed by atoms with Crippen LogP contribution < -0.4 is 5.32 Å². The van der Waals surface area contributed by atoms with Crippen molar-refractivity contribution in [2.45, 2.75) is 38.1 Å². The number of nitrogens with one attached hydrogen (secondary N) is 1. The van der Waals surface area contributed by atoms with Crippen molar-refractivity contribution in [2.75, 3.05) is 0 Å². The highest BCUT2D eigenvalue weighted by Gasteiger charge is 2.17. The van der Waals surface area contributed by atoms with Crippen LogP contribution in [0.25, 0.3) is 0 Å². The number of rotatable bonds is 2. The van der Waals surface area contributed by atoms with E-state index in [-0.39, 0.29) is 5.91 Å². The average Bonchev–Trinajstić information content (AvgIpc) is 2.59. The van der Waals surface area contributed by atoms with E-state index < -0.39 is 0 Å². The fourth-order valence-corrected chi connectivity index (χ4v) is 2.01. The van der Waals surface area contributed by atoms with Gasteiger partial charge in [0.15, 0.2) is 0 Å². The standard InChI is InChI=1S/C12H16N2O2/c15-12(10-6-8-13-16-9-7-10)14-11-4-2-1-3-5-11/h6-9,11H,1-5H2,(H,14,15). The van der Waals surface area contributed by atoms with Crippen LogP contribution in [0.3, 0.4) is 0 Å². The van der Waals surface area contributed by atoms with Gasteiger partial charge in [-0.25, -0.2) is 0 Å². The van der Waals surface area contributed by atoms with E-state index in [0.717, 1.165) is 12.8 Å². The van der Waals surface area contributed by atoms with Crippen LogP contribution in [-0.4, -0.2) is 18.2 Å². The summed E-state index contributed by atoms with van der Waals surface area (Å²) in [4.78, 5) is 16.6. The predicted molar refractivity (Wildman–Crippen MR) is 61.8 cm³/mol. The van der Waals surface area contributed by atoms with Gasteiger partial charge in [0.1, 0.15) is 6.26 Å². The van der Waals surface area contributed by atoms with Gasteiger partial charge < -0.3 is 10.2 Å². The van der Waals surface area contributed by atoms with Crippen LogP contribution in [0.15, 0.2) is 29.1 Å². The second-order valence-corrected chi connectivity index (χ2v) is 4.09. The Morgan fingerprint density at radius 1 is 1.38 bits per heavy atom. The van der Waals surface area contributed by atoms with Gasteiger partial charge in [-0.15, -0.1) is 0 Å². The number of hydrogen-bond donors (Lipinski definition) is 1. The van der Waals surface area contributed by atoms with Gasteiger partial charge in [0, 0.05) is 11.6 Å². The SMILES string of the molecule is O=C(NC1CCCCC1)C1=CC=NOC=C1. The third-order valence-corrected chi connectivity index (χ3v) is 2.89. The van der Waals surface area contributed by atoms with Crippen molar-refractivity contribution in [1.29, 1.82) is 0 Å². The lowest BCUT2D eigenvalue weighted by molar-refractivity contribution is -0.118. The Hall–Kier alpha value is -1.58. The van der Waals surface area contributed by atoms with Crippen LogP contribution in [0.4, 0.5) is 0 Å². The molecule has 0 saturated heterocycles. The minimum Gasteiger partial charge on any atom is -0.365 e. The van der Waals surface area contributed by atoms with Gasteiger partial charge in [0.25, 0.3) is 5.91 Å². The van der Waals surface area contributed by atoms with Crippen LogP contribution in [0.2, 0.25) is 0 Å². The van der Waals surface area contributed by atoms with Gasteiger partial charge in [0.05, 0.1) is 6.21 Å². The van der Waals surface area contributed by atoms with Crippen LogP contribution in [0.1, 0.15) is 32.1 Å². The van der Waals surface area contributed by atoms with Crippen molar-refractivity contribution < 1.29 is 9.63 Å². The molecule has 0 spiro atoms. The quantitative estimate of drug-likeness (QED) is 0.772. The van der Waals surface area contributed by atoms with Crippen LogP contribution in [0.5, 0.6) is 0 Å². The number of allylic oxidation sites excluding steroid dienone is 1. The summed E-state index contributed by atoms with van der Waals surface area (Å²) in [6.45, 7) is 0. The Morgan fingerprint density at radius 3 is 3.00 bits per heavy atom. The van der Waals surface area contributed by atoms with E-state index in [0.29, 0.717) is 11.6 Å². The fourth-order valence-electron chi connectivity index (χ4n) is 2.01. The second-order valence-electron chi connectivity index (χ2n) is 4.09. The molecule has 4 heteroatoms. The van der Waals surface area contributed by atoms with Crippen molar-refractivity contribution in [2.24, 2.45) is 5.16 Å². The highest BCUT2D eigenvalue weighted by Crippen LogP contribution is 2.17. The number of hydrogen-bond acceptors (Lipinski definition) is 3. The minimum absolute atomic E-state index is 0.0416. The average molecular weight is 220 g/mol. The Morgan fingerprint density at radius 2 is 2.19 bits per heavy atom. The zero-order valence-corrected chi connectivity index (χ0v) is 9.19. The fraction of sp³-hybridized carbons (Fsp3) is 0.500. The van der Waals surface area contributed by atoms with Gasteiger partial charge in [-0.3, -0.25) is 4.79 Å². The normalized spacial score (nSPS) is 20.9. The minimum atomic E-state index is -0.0416. The Kier molecular flexibility index (Phi) is 3.75. The van der Waals surface area contributed by atoms with E-state index in [1.807, 2.05) is 0 Å². The molecule has 16 heavy (non-hydrogen) atoms. The van der Waals surface area contributed by atoms with Crippen molar-refractivity contribution in [3.8, 4) is 0 Å². The van der Waals surface area contributed by atoms with Crippen molar-refractivity contribution in [1.82, 2.24) is 5.32 Å². The first-order valence-corrected chi connectivity index (χ1v) is 5.73. The third kappa shape index (κ3) is 2.95. The Balaban J connectivity index is 1.91. The molecule has 1 amide bonds. The summed E-state index contributed by atoms with van der Waals surface area (Å²) in [6.07, 6.45) is 12.1. The first-order valence-electron chi connectivity index (χ1n) is 5.73. The van der Waals surface area contributed by atoms with E-state index in [4.69, 9.17) is 4.84 Å². The topological polar surface area (TPSA) is 50.7 Å². The lowest BCUT2D eigenvalue weighted by Crippen LogP contribution is -2.36. The Labute approximate surface area is 95.0 Å². The first-order chi connectivity index (χ1) is 7.86. The van der Waals surface area contributed by atoms with Gasteiger partial charge in [-0.1, -0.05) is 24.4 Å². The summed E-state index contributed by atoms with van der Waals surface area (Å²) in [7, 11) is 0. The number of amides is 1. The van der Waals surface area contributed by atoms with Crippen LogP contribution >= 0.6 is 0 Å². The molecule has 0 aromatic carbocycles. The van der Waals surface area contributed by atoms with Crippen molar-refractivity contribution >= 4 is 12.1 Å². The summed E-state index contributed by atoms with van der Waals surface area (Å²) in [6, 6.07) is 0.330. The highest BCUT2D eigenvalue weighted by atomic mass is 16.6.